The molecule has 18 heavy (non-hydrogen) atoms. The van der Waals surface area contributed by atoms with E-state index in [1.54, 1.807) is 0 Å². The van der Waals surface area contributed by atoms with E-state index >= 15 is 0 Å². The molecule has 1 saturated carbocycles. The summed E-state index contributed by atoms with van der Waals surface area (Å²) in [5.74, 6) is 1.18. The predicted molar refractivity (Wildman–Crippen MR) is 76.8 cm³/mol. The number of likely N-dealkylation sites (tertiary alicyclic amines) is 1. The molecule has 2 fully saturated rings. The van der Waals surface area contributed by atoms with Crippen molar-refractivity contribution in [2.45, 2.75) is 51.9 Å². The molecule has 2 rings (SSSR count). The van der Waals surface area contributed by atoms with E-state index in [1.807, 2.05) is 4.90 Å². The van der Waals surface area contributed by atoms with E-state index in [-0.39, 0.29) is 17.8 Å². The third-order valence-electron chi connectivity index (χ3n) is 4.64. The molecular weight excluding hydrogens is 248 g/mol. The molecule has 106 valence electrons. The lowest BCUT2D eigenvalue weighted by Gasteiger charge is -2.23. The molecule has 0 aromatic rings. The van der Waals surface area contributed by atoms with Crippen LogP contribution in [0.4, 0.5) is 0 Å². The van der Waals surface area contributed by atoms with Crippen LogP contribution in [-0.4, -0.2) is 30.4 Å². The van der Waals surface area contributed by atoms with Gasteiger partial charge in [-0.15, -0.1) is 12.4 Å². The summed E-state index contributed by atoms with van der Waals surface area (Å²) in [6.45, 7) is 4.67. The molecule has 0 spiro atoms. The van der Waals surface area contributed by atoms with E-state index in [9.17, 15) is 4.79 Å². The summed E-state index contributed by atoms with van der Waals surface area (Å²) in [5, 5.41) is 0. The highest BCUT2D eigenvalue weighted by molar-refractivity contribution is 5.85. The summed E-state index contributed by atoms with van der Waals surface area (Å²) in [4.78, 5) is 14.1. The Morgan fingerprint density at radius 2 is 2.06 bits per heavy atom. The van der Waals surface area contributed by atoms with E-state index in [1.165, 1.54) is 25.7 Å². The minimum atomic E-state index is 0. The Balaban J connectivity index is 0.00000162. The van der Waals surface area contributed by atoms with Gasteiger partial charge in [-0.2, -0.15) is 0 Å². The van der Waals surface area contributed by atoms with Crippen molar-refractivity contribution in [2.24, 2.45) is 17.1 Å². The number of hydrogen-bond acceptors (Lipinski definition) is 2. The molecule has 4 heteroatoms. The third kappa shape index (κ3) is 3.86. The molecule has 3 nitrogen and oxygen atoms in total. The van der Waals surface area contributed by atoms with Crippen molar-refractivity contribution in [3.05, 3.63) is 0 Å². The van der Waals surface area contributed by atoms with E-state index in [0.717, 1.165) is 38.3 Å². The van der Waals surface area contributed by atoms with Gasteiger partial charge in [-0.25, -0.2) is 0 Å². The molecule has 1 heterocycles. The number of amides is 1. The largest absolute Gasteiger partial charge is 0.342 e. The highest BCUT2D eigenvalue weighted by Gasteiger charge is 2.34. The second kappa shape index (κ2) is 6.76. The van der Waals surface area contributed by atoms with Gasteiger partial charge in [0.25, 0.3) is 0 Å². The molecule has 1 saturated heterocycles. The van der Waals surface area contributed by atoms with Crippen LogP contribution >= 0.6 is 12.4 Å². The fraction of sp³-hybridized carbons (Fsp3) is 0.929. The van der Waals surface area contributed by atoms with Gasteiger partial charge in [-0.3, -0.25) is 4.79 Å². The second-order valence-electron chi connectivity index (χ2n) is 6.27. The summed E-state index contributed by atoms with van der Waals surface area (Å²) >= 11 is 0. The molecule has 1 aliphatic carbocycles. The number of halogens is 1. The molecule has 2 aliphatic rings. The van der Waals surface area contributed by atoms with E-state index in [0.29, 0.717) is 12.5 Å². The molecule has 1 unspecified atom stereocenters. The van der Waals surface area contributed by atoms with Crippen LogP contribution < -0.4 is 5.73 Å². The Hall–Kier alpha value is -0.280. The van der Waals surface area contributed by atoms with Crippen LogP contribution in [0.1, 0.15) is 51.9 Å². The predicted octanol–water partition coefficient (Wildman–Crippen LogP) is 2.58. The molecular formula is C14H27ClN2O. The molecule has 0 aromatic heterocycles. The van der Waals surface area contributed by atoms with Crippen LogP contribution in [0.2, 0.25) is 0 Å². The van der Waals surface area contributed by atoms with E-state index in [2.05, 4.69) is 6.92 Å². The van der Waals surface area contributed by atoms with Crippen molar-refractivity contribution < 1.29 is 4.79 Å². The lowest BCUT2D eigenvalue weighted by Crippen LogP contribution is -2.34. The number of carbonyl (C=O) groups is 1. The lowest BCUT2D eigenvalue weighted by molar-refractivity contribution is -0.130. The third-order valence-corrected chi connectivity index (χ3v) is 4.64. The van der Waals surface area contributed by atoms with Gasteiger partial charge in [-0.05, 0) is 30.7 Å². The summed E-state index contributed by atoms with van der Waals surface area (Å²) < 4.78 is 0. The summed E-state index contributed by atoms with van der Waals surface area (Å²) in [6, 6.07) is 0. The number of rotatable bonds is 4. The van der Waals surface area contributed by atoms with Crippen LogP contribution in [0.15, 0.2) is 0 Å². The topological polar surface area (TPSA) is 46.3 Å². The van der Waals surface area contributed by atoms with Crippen molar-refractivity contribution in [1.82, 2.24) is 4.90 Å². The smallest absolute Gasteiger partial charge is 0.222 e. The minimum Gasteiger partial charge on any atom is -0.342 e. The monoisotopic (exact) mass is 274 g/mol. The Morgan fingerprint density at radius 3 is 2.61 bits per heavy atom. The van der Waals surface area contributed by atoms with Gasteiger partial charge in [0.1, 0.15) is 0 Å². The number of nitrogens with zero attached hydrogens (tertiary/aromatic N) is 1. The van der Waals surface area contributed by atoms with E-state index < -0.39 is 0 Å². The summed E-state index contributed by atoms with van der Waals surface area (Å²) in [5.41, 5.74) is 5.94. The average Bonchev–Trinajstić information content (AvgIpc) is 2.96. The number of hydrogen-bond donors (Lipinski definition) is 1. The zero-order chi connectivity index (χ0) is 12.3. The molecule has 1 amide bonds. The van der Waals surface area contributed by atoms with Crippen molar-refractivity contribution in [1.29, 1.82) is 0 Å². The van der Waals surface area contributed by atoms with Crippen LogP contribution in [-0.2, 0) is 4.79 Å². The van der Waals surface area contributed by atoms with Crippen LogP contribution in [0.25, 0.3) is 0 Å². The van der Waals surface area contributed by atoms with Crippen molar-refractivity contribution in [3.63, 3.8) is 0 Å². The molecule has 0 aromatic carbocycles. The van der Waals surface area contributed by atoms with Gasteiger partial charge in [-0.1, -0.05) is 32.6 Å². The maximum Gasteiger partial charge on any atom is 0.222 e. The Bertz CT molecular complexity index is 279. The fourth-order valence-corrected chi connectivity index (χ4v) is 3.19. The first-order valence-electron chi connectivity index (χ1n) is 7.11. The quantitative estimate of drug-likeness (QED) is 0.856. The van der Waals surface area contributed by atoms with Crippen molar-refractivity contribution in [3.8, 4) is 0 Å². The molecule has 0 radical (unpaired) electrons. The Labute approximate surface area is 117 Å². The van der Waals surface area contributed by atoms with Crippen LogP contribution in [0.3, 0.4) is 0 Å². The van der Waals surface area contributed by atoms with Crippen molar-refractivity contribution >= 4 is 18.3 Å². The zero-order valence-corrected chi connectivity index (χ0v) is 12.3. The summed E-state index contributed by atoms with van der Waals surface area (Å²) in [7, 11) is 0. The Morgan fingerprint density at radius 1 is 1.39 bits per heavy atom. The second-order valence-corrected chi connectivity index (χ2v) is 6.27. The highest BCUT2D eigenvalue weighted by atomic mass is 35.5. The van der Waals surface area contributed by atoms with E-state index in [4.69, 9.17) is 5.73 Å². The average molecular weight is 275 g/mol. The fourth-order valence-electron chi connectivity index (χ4n) is 3.19. The molecule has 2 N–H and O–H groups in total. The van der Waals surface area contributed by atoms with Gasteiger partial charge in [0.2, 0.25) is 5.91 Å². The van der Waals surface area contributed by atoms with Gasteiger partial charge in [0.15, 0.2) is 0 Å². The molecule has 1 aliphatic heterocycles. The lowest BCUT2D eigenvalue weighted by atomic mass is 9.90. The van der Waals surface area contributed by atoms with Gasteiger partial charge in [0.05, 0.1) is 0 Å². The first-order valence-corrected chi connectivity index (χ1v) is 7.11. The minimum absolute atomic E-state index is 0. The number of carbonyl (C=O) groups excluding carboxylic acids is 1. The standard InChI is InChI=1S/C14H26N2O.ClH/c1-14(10-15)8-9-16(11-14)13(17)7-6-12-4-2-3-5-12;/h12H,2-11,15H2,1H3;1H. The summed E-state index contributed by atoms with van der Waals surface area (Å²) in [6.07, 6.45) is 8.35. The molecule has 1 atom stereocenters. The molecule has 0 bridgehead atoms. The zero-order valence-electron chi connectivity index (χ0n) is 11.5. The van der Waals surface area contributed by atoms with Gasteiger partial charge in [0, 0.05) is 19.5 Å². The SMILES string of the molecule is CC1(CN)CCN(C(=O)CCC2CCCC2)C1.Cl. The highest BCUT2D eigenvalue weighted by Crippen LogP contribution is 2.31. The Kier molecular flexibility index (Phi) is 5.93. The maximum atomic E-state index is 12.1. The van der Waals surface area contributed by atoms with Gasteiger partial charge >= 0.3 is 0 Å². The van der Waals surface area contributed by atoms with Crippen LogP contribution in [0, 0.1) is 11.3 Å². The van der Waals surface area contributed by atoms with Crippen LogP contribution in [0.5, 0.6) is 0 Å². The maximum absolute atomic E-state index is 12.1. The van der Waals surface area contributed by atoms with Gasteiger partial charge < -0.3 is 10.6 Å². The number of nitrogens with two attached hydrogens (primary N) is 1. The van der Waals surface area contributed by atoms with Crippen molar-refractivity contribution in [2.75, 3.05) is 19.6 Å². The first-order chi connectivity index (χ1) is 8.13. The normalized spacial score (nSPS) is 28.4. The first kappa shape index (κ1) is 15.8.